The Bertz CT molecular complexity index is 748. The van der Waals surface area contributed by atoms with E-state index in [2.05, 4.69) is 10.3 Å². The summed E-state index contributed by atoms with van der Waals surface area (Å²) in [6.07, 6.45) is 1.36. The summed E-state index contributed by atoms with van der Waals surface area (Å²) >= 11 is 0. The molecule has 1 heterocycles. The molecule has 1 aromatic carbocycles. The molecule has 4 N–H and O–H groups in total. The van der Waals surface area contributed by atoms with E-state index in [9.17, 15) is 14.0 Å². The van der Waals surface area contributed by atoms with Crippen LogP contribution in [0.2, 0.25) is 0 Å². The summed E-state index contributed by atoms with van der Waals surface area (Å²) in [5, 5.41) is 3.42. The molecule has 0 atom stereocenters. The van der Waals surface area contributed by atoms with Crippen LogP contribution in [-0.2, 0) is 0 Å². The van der Waals surface area contributed by atoms with E-state index in [4.69, 9.17) is 5.73 Å². The van der Waals surface area contributed by atoms with Gasteiger partial charge in [-0.2, -0.15) is 0 Å². The highest BCUT2D eigenvalue weighted by atomic mass is 35.5. The Kier molecular flexibility index (Phi) is 6.29. The molecular formula is C16H21ClFN3O2. The molecule has 2 rings (SSSR count). The van der Waals surface area contributed by atoms with Crippen molar-refractivity contribution in [1.82, 2.24) is 10.3 Å². The standard InChI is InChI=1S/C16H20FN3O2.ClH/c1-3-16(4-2,9-18)20-15(22)12-8-14(21)19-13-7-10(17)5-6-11(12)13;/h5-8H,3-4,9,18H2,1-2H3,(H,19,21)(H,20,22);1H. The van der Waals surface area contributed by atoms with Crippen LogP contribution in [0, 0.1) is 5.82 Å². The van der Waals surface area contributed by atoms with Gasteiger partial charge in [-0.25, -0.2) is 4.39 Å². The first-order chi connectivity index (χ1) is 10.4. The Morgan fingerprint density at radius 3 is 2.52 bits per heavy atom. The Morgan fingerprint density at radius 2 is 1.96 bits per heavy atom. The highest BCUT2D eigenvalue weighted by Crippen LogP contribution is 2.19. The fourth-order valence-electron chi connectivity index (χ4n) is 2.49. The average molecular weight is 342 g/mol. The number of aromatic nitrogens is 1. The molecule has 0 bridgehead atoms. The van der Waals surface area contributed by atoms with Gasteiger partial charge in [-0.15, -0.1) is 12.4 Å². The molecule has 0 saturated carbocycles. The maximum absolute atomic E-state index is 13.3. The van der Waals surface area contributed by atoms with Gasteiger partial charge in [0.1, 0.15) is 5.82 Å². The highest BCUT2D eigenvalue weighted by Gasteiger charge is 2.27. The van der Waals surface area contributed by atoms with Gasteiger partial charge in [-0.3, -0.25) is 9.59 Å². The number of amides is 1. The second kappa shape index (κ2) is 7.57. The lowest BCUT2D eigenvalue weighted by Gasteiger charge is -2.31. The molecule has 0 aliphatic heterocycles. The fraction of sp³-hybridized carbons (Fsp3) is 0.375. The molecule has 0 radical (unpaired) electrons. The van der Waals surface area contributed by atoms with Gasteiger partial charge in [0.15, 0.2) is 0 Å². The summed E-state index contributed by atoms with van der Waals surface area (Å²) in [5.74, 6) is -0.851. The van der Waals surface area contributed by atoms with Gasteiger partial charge in [-0.05, 0) is 31.0 Å². The predicted octanol–water partition coefficient (Wildman–Crippen LogP) is 2.34. The van der Waals surface area contributed by atoms with Crippen LogP contribution in [0.5, 0.6) is 0 Å². The number of benzene rings is 1. The van der Waals surface area contributed by atoms with Crippen LogP contribution in [-0.4, -0.2) is 23.0 Å². The van der Waals surface area contributed by atoms with E-state index >= 15 is 0 Å². The number of fused-ring (bicyclic) bond motifs is 1. The predicted molar refractivity (Wildman–Crippen MR) is 91.6 cm³/mol. The zero-order chi connectivity index (χ0) is 16.3. The molecule has 0 aliphatic rings. The maximum Gasteiger partial charge on any atom is 0.252 e. The number of nitrogens with one attached hydrogen (secondary N) is 2. The summed E-state index contributed by atoms with van der Waals surface area (Å²) in [6, 6.07) is 5.16. The third kappa shape index (κ3) is 3.89. The Hall–Kier alpha value is -1.92. The van der Waals surface area contributed by atoms with Crippen molar-refractivity contribution >= 4 is 29.2 Å². The molecule has 1 aromatic heterocycles. The van der Waals surface area contributed by atoms with E-state index in [0.29, 0.717) is 30.3 Å². The first-order valence-electron chi connectivity index (χ1n) is 7.30. The highest BCUT2D eigenvalue weighted by molar-refractivity contribution is 6.06. The minimum atomic E-state index is -0.508. The minimum absolute atomic E-state index is 0. The van der Waals surface area contributed by atoms with Gasteiger partial charge in [0.25, 0.3) is 5.91 Å². The maximum atomic E-state index is 13.3. The third-order valence-corrected chi connectivity index (χ3v) is 4.17. The lowest BCUT2D eigenvalue weighted by molar-refractivity contribution is 0.0897. The Labute approximate surface area is 139 Å². The zero-order valence-corrected chi connectivity index (χ0v) is 13.9. The van der Waals surface area contributed by atoms with Gasteiger partial charge < -0.3 is 16.0 Å². The third-order valence-electron chi connectivity index (χ3n) is 4.17. The van der Waals surface area contributed by atoms with Gasteiger partial charge >= 0.3 is 0 Å². The van der Waals surface area contributed by atoms with Crippen molar-refractivity contribution in [2.45, 2.75) is 32.2 Å². The van der Waals surface area contributed by atoms with Gasteiger partial charge in [0, 0.05) is 18.0 Å². The Morgan fingerprint density at radius 1 is 1.30 bits per heavy atom. The normalized spacial score (nSPS) is 11.1. The van der Waals surface area contributed by atoms with Crippen molar-refractivity contribution in [3.8, 4) is 0 Å². The molecule has 0 unspecified atom stereocenters. The summed E-state index contributed by atoms with van der Waals surface area (Å²) in [5.41, 5.74) is 5.34. The number of pyridine rings is 1. The van der Waals surface area contributed by atoms with Crippen LogP contribution in [0.25, 0.3) is 10.9 Å². The number of carbonyl (C=O) groups excluding carboxylic acids is 1. The monoisotopic (exact) mass is 341 g/mol. The summed E-state index contributed by atoms with van der Waals surface area (Å²) < 4.78 is 13.3. The molecule has 7 heteroatoms. The summed E-state index contributed by atoms with van der Waals surface area (Å²) in [4.78, 5) is 26.8. The zero-order valence-electron chi connectivity index (χ0n) is 13.1. The summed E-state index contributed by atoms with van der Waals surface area (Å²) in [7, 11) is 0. The second-order valence-electron chi connectivity index (χ2n) is 5.38. The first kappa shape index (κ1) is 19.1. The van der Waals surface area contributed by atoms with Crippen molar-refractivity contribution in [3.63, 3.8) is 0 Å². The average Bonchev–Trinajstić information content (AvgIpc) is 2.51. The number of H-pyrrole nitrogens is 1. The number of carbonyl (C=O) groups is 1. The van der Waals surface area contributed by atoms with Crippen molar-refractivity contribution in [2.75, 3.05) is 6.54 Å². The van der Waals surface area contributed by atoms with E-state index < -0.39 is 16.9 Å². The van der Waals surface area contributed by atoms with E-state index in [-0.39, 0.29) is 23.9 Å². The quantitative estimate of drug-likeness (QED) is 0.780. The van der Waals surface area contributed by atoms with E-state index in [1.807, 2.05) is 13.8 Å². The number of rotatable bonds is 5. The van der Waals surface area contributed by atoms with Crippen LogP contribution in [0.4, 0.5) is 4.39 Å². The van der Waals surface area contributed by atoms with Crippen LogP contribution >= 0.6 is 12.4 Å². The van der Waals surface area contributed by atoms with Crippen LogP contribution < -0.4 is 16.6 Å². The van der Waals surface area contributed by atoms with Crippen molar-refractivity contribution < 1.29 is 9.18 Å². The van der Waals surface area contributed by atoms with Crippen LogP contribution in [0.1, 0.15) is 37.0 Å². The van der Waals surface area contributed by atoms with Crippen molar-refractivity contribution in [2.24, 2.45) is 5.73 Å². The van der Waals surface area contributed by atoms with E-state index in [1.54, 1.807) is 0 Å². The molecule has 23 heavy (non-hydrogen) atoms. The lowest BCUT2D eigenvalue weighted by atomic mass is 9.92. The topological polar surface area (TPSA) is 88.0 Å². The second-order valence-corrected chi connectivity index (χ2v) is 5.38. The smallest absolute Gasteiger partial charge is 0.252 e. The van der Waals surface area contributed by atoms with Crippen LogP contribution in [0.15, 0.2) is 29.1 Å². The molecular weight excluding hydrogens is 321 g/mol. The molecule has 0 saturated heterocycles. The van der Waals surface area contributed by atoms with Crippen molar-refractivity contribution in [3.05, 3.63) is 46.0 Å². The molecule has 1 amide bonds. The number of nitrogens with two attached hydrogens (primary N) is 1. The number of hydrogen-bond acceptors (Lipinski definition) is 3. The number of hydrogen-bond donors (Lipinski definition) is 3. The molecule has 5 nitrogen and oxygen atoms in total. The number of aromatic amines is 1. The Balaban J connectivity index is 0.00000264. The van der Waals surface area contributed by atoms with Gasteiger partial charge in [-0.1, -0.05) is 13.8 Å². The molecule has 0 fully saturated rings. The fourth-order valence-corrected chi connectivity index (χ4v) is 2.49. The molecule has 0 spiro atoms. The van der Waals surface area contributed by atoms with Crippen molar-refractivity contribution in [1.29, 1.82) is 0 Å². The first-order valence-corrected chi connectivity index (χ1v) is 7.30. The molecule has 2 aromatic rings. The van der Waals surface area contributed by atoms with E-state index in [0.717, 1.165) is 0 Å². The van der Waals surface area contributed by atoms with Gasteiger partial charge in [0.05, 0.1) is 16.6 Å². The summed E-state index contributed by atoms with van der Waals surface area (Å²) in [6.45, 7) is 4.20. The number of halogens is 2. The lowest BCUT2D eigenvalue weighted by Crippen LogP contribution is -2.53. The minimum Gasteiger partial charge on any atom is -0.345 e. The van der Waals surface area contributed by atoms with Gasteiger partial charge in [0.2, 0.25) is 5.56 Å². The molecule has 126 valence electrons. The molecule has 0 aliphatic carbocycles. The largest absolute Gasteiger partial charge is 0.345 e. The van der Waals surface area contributed by atoms with Crippen LogP contribution in [0.3, 0.4) is 0 Å². The van der Waals surface area contributed by atoms with E-state index in [1.165, 1.54) is 24.3 Å². The SMILES string of the molecule is CCC(CC)(CN)NC(=O)c1cc(=O)[nH]c2cc(F)ccc12.Cl.